The molecule has 47 heteroatoms. The molecule has 6 rings (SSSR count). The van der Waals surface area contributed by atoms with E-state index >= 15 is 0 Å². The number of carbonyl (C=O) groups excluding carboxylic acids is 5. The fourth-order valence-electron chi connectivity index (χ4n) is 10.8. The maximum atomic E-state index is 9.43. The second-order valence-electron chi connectivity index (χ2n) is 26.4. The first-order valence-electron chi connectivity index (χ1n) is 36.5. The van der Waals surface area contributed by atoms with Gasteiger partial charge in [0.05, 0.1) is 113 Å². The van der Waals surface area contributed by atoms with Crippen LogP contribution in [0.5, 0.6) is 0 Å². The number of aryl methyl sites for hydroxylation is 12. The smallest absolute Gasteiger partial charge is 0 e. The number of carbonyl (C=O) groups is 5. The largest absolute Gasteiger partial charge is 2.00 e. The van der Waals surface area contributed by atoms with Gasteiger partial charge < -0.3 is 202 Å². The zero-order valence-electron chi connectivity index (χ0n) is 78.6. The number of hydrogen-bond acceptors (Lipinski definition) is 12. The van der Waals surface area contributed by atoms with Gasteiger partial charge in [-0.1, -0.05) is 0 Å². The minimum Gasteiger partial charge on any atom is 0 e. The van der Waals surface area contributed by atoms with Gasteiger partial charge in [-0.2, -0.15) is 0 Å². The molecule has 6 aromatic rings. The Labute approximate surface area is 917 Å². The summed E-state index contributed by atoms with van der Waals surface area (Å²) in [5.74, 6) is 0. The number of amides is 5. The molecule has 0 unspecified atom stereocenters. The topological polar surface area (TPSA) is 218 Å². The SMILES string of the molecule is CCOCC.CC[N+](CC)(CC)CC.CC[N+](CC)(CC)CC.CC[N+](CC)(CC)CC.CN(C)C=O.CN(C)C=O.CN(C)C=O.CN(C)C=O.CN(C)C=O.Cc1cc(C)n([BH-](n2nc(C)cc2C)n2nc(C)cc2C)n1.Cc1cc(C)n([BH-](n2nc(C)cc2C)n2nc(C)cc2C)n1.[Fe+2].[Fe+2].[Fe+2].[Fe+2].[Fe+3].[Fe+3].[S-2].[S-2].[S-2].[S-2].[S-2].[S-2].[Se-2].[Se-2].[Se-2].[SeH-].[SeH-].[W+2].[W]. The zero-order chi connectivity index (χ0) is 79.6. The van der Waals surface area contributed by atoms with Crippen LogP contribution in [0.25, 0.3) is 0 Å². The Bertz CT molecular complexity index is 2650. The fraction of sp³-hybridized carbons (Fsp3) is 0.685. The fourth-order valence-corrected chi connectivity index (χ4v) is 10.8. The number of rotatable bonds is 25. The molecule has 120 heavy (non-hydrogen) atoms. The molecule has 714 valence electrons. The third-order valence-electron chi connectivity index (χ3n) is 17.7. The molecule has 5 amide bonds. The van der Waals surface area contributed by atoms with Crippen molar-refractivity contribution < 1.29 is 187 Å². The van der Waals surface area contributed by atoms with Gasteiger partial charge in [0.2, 0.25) is 32.1 Å². The summed E-state index contributed by atoms with van der Waals surface area (Å²) in [6, 6.07) is 12.6. The van der Waals surface area contributed by atoms with Crippen LogP contribution in [0.3, 0.4) is 0 Å². The van der Waals surface area contributed by atoms with Crippen molar-refractivity contribution in [3.8, 4) is 0 Å². The summed E-state index contributed by atoms with van der Waals surface area (Å²) in [5, 5.41) is 28.2. The van der Waals surface area contributed by atoms with Crippen LogP contribution in [0.2, 0.25) is 0 Å². The maximum Gasteiger partial charge on any atom is 2.00 e. The molecular weight excluding hydrogens is 2560 g/mol. The summed E-state index contributed by atoms with van der Waals surface area (Å²) in [4.78, 5) is 54.4. The molecule has 6 heterocycles. The standard InChI is InChI=1S/2C15H22BN6.3C8H20N.C4H10O.5C3H7NO.6Fe.6S.2H2Se.3Se.2W/c2*1-10-7-13(4)20(17-10)16(21-14(5)8-11(2)18-21)22-15(6)9-12(3)19-22;3*1-5-9(6-2,7-3)8-4;1-3-5-4-2;5*1-4(2)3-5;;;;;;;;;;;;;;;;;;;/h2*7-9,16H,1-6H3;3*5-8H2,1-4H3;3-4H2,1-2H3;5*3H,1-2H3;;;;;;;;;;;;;2*1H2;;;;;/q2*-1;3*+1;;;;;;;4*+2;2*+3;6*-2;;;3*-2;;+2/p-2. The van der Waals surface area contributed by atoms with Gasteiger partial charge in [0.1, 0.15) is 0 Å². The predicted octanol–water partition coefficient (Wildman–Crippen LogP) is 6.32. The first-order chi connectivity index (χ1) is 47.2. The zero-order valence-corrected chi connectivity index (χ0v) is 105. The second-order valence-corrected chi connectivity index (χ2v) is 26.4. The van der Waals surface area contributed by atoms with Crippen molar-refractivity contribution in [2.24, 2.45) is 0 Å². The summed E-state index contributed by atoms with van der Waals surface area (Å²) in [6.45, 7) is 72.9. The van der Waals surface area contributed by atoms with Gasteiger partial charge in [0, 0.05) is 105 Å². The molecule has 0 saturated heterocycles. The van der Waals surface area contributed by atoms with Crippen molar-refractivity contribution in [3.05, 3.63) is 105 Å². The molecular formula is C73H151B2Fe6N20O6S6Se5W2-3. The van der Waals surface area contributed by atoms with Crippen molar-refractivity contribution >= 4 is 213 Å². The van der Waals surface area contributed by atoms with Crippen molar-refractivity contribution in [2.45, 2.75) is 180 Å². The Kier molecular flexibility index (Phi) is 167. The Morgan fingerprint density at radius 2 is 0.383 bits per heavy atom. The molecule has 0 aromatic carbocycles. The molecule has 6 aromatic heterocycles. The molecule has 0 aliphatic carbocycles. The van der Waals surface area contributed by atoms with Crippen LogP contribution in [0, 0.1) is 83.1 Å². The molecule has 0 spiro atoms. The van der Waals surface area contributed by atoms with Crippen LogP contribution in [0.4, 0.5) is 0 Å². The summed E-state index contributed by atoms with van der Waals surface area (Å²) >= 11 is 0. The maximum absolute atomic E-state index is 9.43. The summed E-state index contributed by atoms with van der Waals surface area (Å²) in [6.07, 6.45) is 3.75. The molecule has 0 aliphatic rings. The van der Waals surface area contributed by atoms with Crippen molar-refractivity contribution in [1.29, 1.82) is 0 Å². The van der Waals surface area contributed by atoms with E-state index in [2.05, 4.69) is 189 Å². The van der Waals surface area contributed by atoms with E-state index < -0.39 is 14.2 Å². The number of hydrogen-bond donors (Lipinski definition) is 0. The van der Waals surface area contributed by atoms with Crippen LogP contribution < -0.4 is 0 Å². The van der Waals surface area contributed by atoms with Gasteiger partial charge in [-0.15, -0.1) is 0 Å². The average Bonchev–Trinajstić information content (AvgIpc) is 1.63. The van der Waals surface area contributed by atoms with Crippen LogP contribution in [0.1, 0.15) is 165 Å². The quantitative estimate of drug-likeness (QED) is 0.0350. The minimum atomic E-state index is -1.26. The molecule has 0 fully saturated rings. The van der Waals surface area contributed by atoms with E-state index in [-0.39, 0.29) is 311 Å². The minimum absolute atomic E-state index is 0. The Balaban J connectivity index is -0.0000000399. The second kappa shape index (κ2) is 108. The van der Waals surface area contributed by atoms with E-state index in [4.69, 9.17) is 35.3 Å². The van der Waals surface area contributed by atoms with Crippen LogP contribution in [0.15, 0.2) is 36.4 Å². The number of aromatic nitrogens is 12. The third-order valence-corrected chi connectivity index (χ3v) is 17.7. The summed E-state index contributed by atoms with van der Waals surface area (Å²) in [5.41, 5.74) is 12.8. The van der Waals surface area contributed by atoms with Crippen LogP contribution in [-0.4, -0.2) is 390 Å². The van der Waals surface area contributed by atoms with Gasteiger partial charge >= 0.3 is 172 Å². The van der Waals surface area contributed by atoms with E-state index in [0.717, 1.165) is 114 Å². The summed E-state index contributed by atoms with van der Waals surface area (Å²) < 4.78 is 21.0. The van der Waals surface area contributed by atoms with Gasteiger partial charge in [-0.05, 0) is 251 Å². The molecule has 0 bridgehead atoms. The number of ether oxygens (including phenoxy) is 1. The predicted molar refractivity (Wildman–Crippen MR) is 501 cm³/mol. The van der Waals surface area contributed by atoms with Crippen molar-refractivity contribution in [3.63, 3.8) is 0 Å². The molecule has 0 saturated carbocycles. The van der Waals surface area contributed by atoms with Gasteiger partial charge in [0.15, 0.2) is 0 Å². The van der Waals surface area contributed by atoms with Crippen LogP contribution >= 0.6 is 0 Å². The molecule has 0 aliphatic heterocycles. The average molecular weight is 2720 g/mol. The Hall–Kier alpha value is 1.77. The van der Waals surface area contributed by atoms with Crippen molar-refractivity contribution in [2.75, 3.05) is 162 Å². The molecule has 0 N–H and O–H groups in total. The van der Waals surface area contributed by atoms with E-state index in [9.17, 15) is 24.0 Å². The Morgan fingerprint density at radius 3 is 0.417 bits per heavy atom. The van der Waals surface area contributed by atoms with Gasteiger partial charge in [-0.3, -0.25) is 24.0 Å². The first-order valence-corrected chi connectivity index (χ1v) is 36.5. The number of nitrogens with zero attached hydrogens (tertiary/aromatic N) is 20. The molecule has 2 radical (unpaired) electrons. The Morgan fingerprint density at radius 1 is 0.292 bits per heavy atom. The first kappa shape index (κ1) is 186. The van der Waals surface area contributed by atoms with E-state index in [1.165, 1.54) is 116 Å². The van der Waals surface area contributed by atoms with Gasteiger partial charge in [0.25, 0.3) is 0 Å². The van der Waals surface area contributed by atoms with Crippen molar-refractivity contribution in [1.82, 2.24) is 82.6 Å². The van der Waals surface area contributed by atoms with E-state index in [0.29, 0.717) is 0 Å². The number of quaternary nitrogens is 3. The summed E-state index contributed by atoms with van der Waals surface area (Å²) in [7, 11) is 14.4. The monoisotopic (exact) mass is 2720 g/mol. The van der Waals surface area contributed by atoms with Crippen LogP contribution in [-0.2, 0) is 254 Å². The third kappa shape index (κ3) is 79.5. The molecule has 0 atom stereocenters. The van der Waals surface area contributed by atoms with E-state index in [1.807, 2.05) is 55.4 Å². The van der Waals surface area contributed by atoms with Gasteiger partial charge in [-0.25, -0.2) is 30.6 Å². The normalized spacial score (nSPS) is 8.72. The van der Waals surface area contributed by atoms with E-state index in [1.54, 1.807) is 70.5 Å². The molecule has 26 nitrogen and oxygen atoms in total.